The number of fused-ring (bicyclic) bond motifs is 1. The standard InChI is InChI=1S/C17H22FN3O2/c1-2-4-14-17(23)21-8-7-20(11-15(21)16(22)19-14)10-12-5-3-6-13(18)9-12/h3,5-6,9,14-15H,2,4,7-8,10-11H2,1H3,(H,19,22)/t14-,15+/m0/s1. The Morgan fingerprint density at radius 2 is 2.13 bits per heavy atom. The lowest BCUT2D eigenvalue weighted by Gasteiger charge is -2.45. The van der Waals surface area contributed by atoms with Crippen molar-refractivity contribution < 1.29 is 14.0 Å². The zero-order chi connectivity index (χ0) is 16.4. The summed E-state index contributed by atoms with van der Waals surface area (Å²) in [4.78, 5) is 28.6. The van der Waals surface area contributed by atoms with Gasteiger partial charge in [-0.2, -0.15) is 0 Å². The van der Waals surface area contributed by atoms with Gasteiger partial charge in [0.05, 0.1) is 0 Å². The number of halogens is 1. The van der Waals surface area contributed by atoms with Crippen LogP contribution in [0.25, 0.3) is 0 Å². The molecule has 0 aliphatic carbocycles. The van der Waals surface area contributed by atoms with Crippen LogP contribution < -0.4 is 5.32 Å². The molecule has 1 N–H and O–H groups in total. The van der Waals surface area contributed by atoms with Gasteiger partial charge in [-0.3, -0.25) is 14.5 Å². The van der Waals surface area contributed by atoms with Gasteiger partial charge in [0.15, 0.2) is 0 Å². The van der Waals surface area contributed by atoms with Gasteiger partial charge in [-0.05, 0) is 24.1 Å². The van der Waals surface area contributed by atoms with Crippen LogP contribution in [0.1, 0.15) is 25.3 Å². The maximum atomic E-state index is 13.3. The summed E-state index contributed by atoms with van der Waals surface area (Å²) >= 11 is 0. The van der Waals surface area contributed by atoms with Crippen molar-refractivity contribution >= 4 is 11.8 Å². The average Bonchev–Trinajstić information content (AvgIpc) is 2.53. The van der Waals surface area contributed by atoms with E-state index in [1.165, 1.54) is 12.1 Å². The first-order chi connectivity index (χ1) is 11.1. The van der Waals surface area contributed by atoms with Crippen LogP contribution in [0.15, 0.2) is 24.3 Å². The number of piperazine rings is 2. The van der Waals surface area contributed by atoms with E-state index in [2.05, 4.69) is 10.2 Å². The average molecular weight is 319 g/mol. The fourth-order valence-electron chi connectivity index (χ4n) is 3.38. The molecule has 5 nitrogen and oxygen atoms in total. The van der Waals surface area contributed by atoms with Gasteiger partial charge in [0, 0.05) is 26.2 Å². The maximum Gasteiger partial charge on any atom is 0.245 e. The van der Waals surface area contributed by atoms with Crippen molar-refractivity contribution in [3.8, 4) is 0 Å². The lowest BCUT2D eigenvalue weighted by molar-refractivity contribution is -0.153. The largest absolute Gasteiger partial charge is 0.342 e. The number of carbonyl (C=O) groups excluding carboxylic acids is 2. The molecular weight excluding hydrogens is 297 g/mol. The van der Waals surface area contributed by atoms with E-state index in [0.29, 0.717) is 32.6 Å². The first-order valence-electron chi connectivity index (χ1n) is 8.16. The Kier molecular flexibility index (Phi) is 4.61. The van der Waals surface area contributed by atoms with Gasteiger partial charge in [0.2, 0.25) is 11.8 Å². The second-order valence-corrected chi connectivity index (χ2v) is 6.26. The first-order valence-corrected chi connectivity index (χ1v) is 8.16. The summed E-state index contributed by atoms with van der Waals surface area (Å²) in [5.41, 5.74) is 0.879. The molecule has 2 aliphatic rings. The van der Waals surface area contributed by atoms with Gasteiger partial charge < -0.3 is 10.2 Å². The summed E-state index contributed by atoms with van der Waals surface area (Å²) in [5.74, 6) is -0.303. The Bertz CT molecular complexity index is 607. The lowest BCUT2D eigenvalue weighted by Crippen LogP contribution is -2.69. The van der Waals surface area contributed by atoms with Crippen LogP contribution in [0.2, 0.25) is 0 Å². The molecule has 2 saturated heterocycles. The van der Waals surface area contributed by atoms with E-state index in [-0.39, 0.29) is 23.7 Å². The van der Waals surface area contributed by atoms with Crippen LogP contribution in [0.4, 0.5) is 4.39 Å². The summed E-state index contributed by atoms with van der Waals surface area (Å²) in [6, 6.07) is 5.68. The number of hydrogen-bond donors (Lipinski definition) is 1. The van der Waals surface area contributed by atoms with Crippen molar-refractivity contribution in [1.29, 1.82) is 0 Å². The minimum Gasteiger partial charge on any atom is -0.342 e. The number of amides is 2. The number of rotatable bonds is 4. The summed E-state index contributed by atoms with van der Waals surface area (Å²) in [6.07, 6.45) is 1.54. The quantitative estimate of drug-likeness (QED) is 0.905. The Morgan fingerprint density at radius 3 is 2.87 bits per heavy atom. The summed E-state index contributed by atoms with van der Waals surface area (Å²) in [6.45, 7) is 4.33. The molecule has 2 amide bonds. The van der Waals surface area contributed by atoms with E-state index >= 15 is 0 Å². The third-order valence-electron chi connectivity index (χ3n) is 4.54. The molecule has 2 aliphatic heterocycles. The van der Waals surface area contributed by atoms with E-state index in [1.807, 2.05) is 13.0 Å². The fraction of sp³-hybridized carbons (Fsp3) is 0.529. The SMILES string of the molecule is CCC[C@@H]1NC(=O)[C@H]2CN(Cc3cccc(F)c3)CCN2C1=O. The van der Waals surface area contributed by atoms with Crippen molar-refractivity contribution in [2.75, 3.05) is 19.6 Å². The predicted octanol–water partition coefficient (Wildman–Crippen LogP) is 1.14. The van der Waals surface area contributed by atoms with Crippen molar-refractivity contribution in [1.82, 2.24) is 15.1 Å². The second-order valence-electron chi connectivity index (χ2n) is 6.26. The third kappa shape index (κ3) is 3.37. The molecule has 23 heavy (non-hydrogen) atoms. The molecule has 0 aromatic heterocycles. The van der Waals surface area contributed by atoms with Crippen molar-refractivity contribution in [3.05, 3.63) is 35.6 Å². The van der Waals surface area contributed by atoms with E-state index < -0.39 is 6.04 Å². The zero-order valence-corrected chi connectivity index (χ0v) is 13.3. The molecule has 124 valence electrons. The van der Waals surface area contributed by atoms with E-state index in [1.54, 1.807) is 11.0 Å². The van der Waals surface area contributed by atoms with Gasteiger partial charge in [-0.15, -0.1) is 0 Å². The van der Waals surface area contributed by atoms with Crippen LogP contribution >= 0.6 is 0 Å². The minimum absolute atomic E-state index is 0.0295. The molecule has 1 aromatic carbocycles. The number of nitrogens with one attached hydrogen (secondary N) is 1. The maximum absolute atomic E-state index is 13.3. The second kappa shape index (κ2) is 6.66. The highest BCUT2D eigenvalue weighted by Gasteiger charge is 2.42. The van der Waals surface area contributed by atoms with Crippen molar-refractivity contribution in [3.63, 3.8) is 0 Å². The number of benzene rings is 1. The highest BCUT2D eigenvalue weighted by Crippen LogP contribution is 2.19. The monoisotopic (exact) mass is 319 g/mol. The molecule has 1 aromatic rings. The van der Waals surface area contributed by atoms with Gasteiger partial charge in [0.1, 0.15) is 17.9 Å². The van der Waals surface area contributed by atoms with Crippen LogP contribution in [0, 0.1) is 5.82 Å². The first kappa shape index (κ1) is 15.9. The smallest absolute Gasteiger partial charge is 0.245 e. The molecule has 2 fully saturated rings. The molecule has 3 rings (SSSR count). The van der Waals surface area contributed by atoms with Crippen LogP contribution in [-0.2, 0) is 16.1 Å². The Morgan fingerprint density at radius 1 is 1.30 bits per heavy atom. The molecule has 6 heteroatoms. The van der Waals surface area contributed by atoms with E-state index in [9.17, 15) is 14.0 Å². The molecular formula is C17H22FN3O2. The molecule has 2 atom stereocenters. The number of hydrogen-bond acceptors (Lipinski definition) is 3. The van der Waals surface area contributed by atoms with Gasteiger partial charge in [-0.1, -0.05) is 25.5 Å². The zero-order valence-electron chi connectivity index (χ0n) is 13.3. The van der Waals surface area contributed by atoms with E-state index in [4.69, 9.17) is 0 Å². The summed E-state index contributed by atoms with van der Waals surface area (Å²) < 4.78 is 13.3. The Hall–Kier alpha value is -1.95. The van der Waals surface area contributed by atoms with Crippen LogP contribution in [0.3, 0.4) is 0 Å². The summed E-state index contributed by atoms with van der Waals surface area (Å²) in [5, 5.41) is 2.84. The van der Waals surface area contributed by atoms with Crippen LogP contribution in [0.5, 0.6) is 0 Å². The normalized spacial score (nSPS) is 25.2. The Balaban J connectivity index is 1.66. The predicted molar refractivity (Wildman–Crippen MR) is 84.0 cm³/mol. The van der Waals surface area contributed by atoms with Crippen molar-refractivity contribution in [2.45, 2.75) is 38.4 Å². The van der Waals surface area contributed by atoms with Gasteiger partial charge in [-0.25, -0.2) is 4.39 Å². The van der Waals surface area contributed by atoms with Crippen molar-refractivity contribution in [2.24, 2.45) is 0 Å². The highest BCUT2D eigenvalue weighted by molar-refractivity contribution is 5.97. The fourth-order valence-corrected chi connectivity index (χ4v) is 3.38. The number of carbonyl (C=O) groups is 2. The highest BCUT2D eigenvalue weighted by atomic mass is 19.1. The van der Waals surface area contributed by atoms with E-state index in [0.717, 1.165) is 12.0 Å². The Labute approximate surface area is 135 Å². The minimum atomic E-state index is -0.432. The molecule has 0 spiro atoms. The number of nitrogens with zero attached hydrogens (tertiary/aromatic N) is 2. The lowest BCUT2D eigenvalue weighted by atomic mass is 10.0. The van der Waals surface area contributed by atoms with Crippen LogP contribution in [-0.4, -0.2) is 53.3 Å². The van der Waals surface area contributed by atoms with Gasteiger partial charge >= 0.3 is 0 Å². The molecule has 0 radical (unpaired) electrons. The van der Waals surface area contributed by atoms with Gasteiger partial charge in [0.25, 0.3) is 0 Å². The summed E-state index contributed by atoms with van der Waals surface area (Å²) in [7, 11) is 0. The topological polar surface area (TPSA) is 52.7 Å². The molecule has 0 bridgehead atoms. The molecule has 0 unspecified atom stereocenters. The molecule has 0 saturated carbocycles. The third-order valence-corrected chi connectivity index (χ3v) is 4.54. The molecule has 2 heterocycles.